The summed E-state index contributed by atoms with van der Waals surface area (Å²) in [5.74, 6) is 0. The molecule has 0 aromatic rings. The lowest BCUT2D eigenvalue weighted by molar-refractivity contribution is 0.160. The van der Waals surface area contributed by atoms with Gasteiger partial charge in [0.05, 0.1) is 11.4 Å². The van der Waals surface area contributed by atoms with E-state index >= 15 is 0 Å². The summed E-state index contributed by atoms with van der Waals surface area (Å²) in [6.07, 6.45) is 4.76. The van der Waals surface area contributed by atoms with Crippen LogP contribution in [0.4, 0.5) is 0 Å². The quantitative estimate of drug-likeness (QED) is 0.623. The highest BCUT2D eigenvalue weighted by molar-refractivity contribution is 7.91. The topological polar surface area (TPSA) is 54.4 Å². The summed E-state index contributed by atoms with van der Waals surface area (Å²) in [7, 11) is -3.05. The van der Waals surface area contributed by atoms with Gasteiger partial charge in [-0.15, -0.1) is 0 Å². The van der Waals surface area contributed by atoms with Gasteiger partial charge in [0, 0.05) is 6.26 Å². The number of hydrogen-bond donors (Lipinski definition) is 1. The van der Waals surface area contributed by atoms with Crippen molar-refractivity contribution in [3.63, 3.8) is 0 Å². The van der Waals surface area contributed by atoms with Crippen molar-refractivity contribution in [1.29, 1.82) is 0 Å². The zero-order valence-electron chi connectivity index (χ0n) is 7.36. The van der Waals surface area contributed by atoms with E-state index < -0.39 is 21.2 Å². The Labute approximate surface area is 73.7 Å². The standard InChI is InChI=1S/C8H16O3S/c1-12(10,11)8-6-4-2-3-5-7(8)9/h7-9H,2-6H2,1H3/t7-,8+/m0/s1. The van der Waals surface area contributed by atoms with Crippen molar-refractivity contribution in [2.24, 2.45) is 0 Å². The van der Waals surface area contributed by atoms with Gasteiger partial charge in [-0.1, -0.05) is 19.3 Å². The van der Waals surface area contributed by atoms with Crippen LogP contribution in [0.2, 0.25) is 0 Å². The van der Waals surface area contributed by atoms with Gasteiger partial charge in [0.2, 0.25) is 0 Å². The molecule has 3 nitrogen and oxygen atoms in total. The Bertz CT molecular complexity index is 233. The minimum atomic E-state index is -3.05. The molecular weight excluding hydrogens is 176 g/mol. The molecule has 4 heteroatoms. The molecule has 72 valence electrons. The molecule has 0 heterocycles. The lowest BCUT2D eigenvalue weighted by Crippen LogP contribution is -2.32. The van der Waals surface area contributed by atoms with Crippen LogP contribution in [-0.4, -0.2) is 31.1 Å². The molecular formula is C8H16O3S. The Morgan fingerprint density at radius 3 is 2.33 bits per heavy atom. The first-order valence-electron chi connectivity index (χ1n) is 4.39. The Morgan fingerprint density at radius 1 is 1.17 bits per heavy atom. The zero-order valence-corrected chi connectivity index (χ0v) is 8.18. The Morgan fingerprint density at radius 2 is 1.75 bits per heavy atom. The summed E-state index contributed by atoms with van der Waals surface area (Å²) in [6, 6.07) is 0. The van der Waals surface area contributed by atoms with Gasteiger partial charge in [0.1, 0.15) is 0 Å². The van der Waals surface area contributed by atoms with E-state index in [2.05, 4.69) is 0 Å². The van der Waals surface area contributed by atoms with Crippen LogP contribution in [0, 0.1) is 0 Å². The number of rotatable bonds is 1. The lowest BCUT2D eigenvalue weighted by Gasteiger charge is -2.17. The van der Waals surface area contributed by atoms with Gasteiger partial charge >= 0.3 is 0 Å². The predicted molar refractivity (Wildman–Crippen MR) is 47.7 cm³/mol. The second-order valence-electron chi connectivity index (χ2n) is 3.57. The molecule has 0 radical (unpaired) electrons. The Balaban J connectivity index is 2.72. The largest absolute Gasteiger partial charge is 0.392 e. The van der Waals surface area contributed by atoms with Crippen LogP contribution in [0.5, 0.6) is 0 Å². The summed E-state index contributed by atoms with van der Waals surface area (Å²) in [5, 5.41) is 8.99. The molecule has 0 bridgehead atoms. The summed E-state index contributed by atoms with van der Waals surface area (Å²) in [5.41, 5.74) is 0. The summed E-state index contributed by atoms with van der Waals surface area (Å²) in [6.45, 7) is 0. The van der Waals surface area contributed by atoms with E-state index in [-0.39, 0.29) is 0 Å². The minimum absolute atomic E-state index is 0.514. The van der Waals surface area contributed by atoms with Crippen LogP contribution < -0.4 is 0 Å². The Kier molecular flexibility index (Phi) is 3.12. The lowest BCUT2D eigenvalue weighted by atomic mass is 10.1. The van der Waals surface area contributed by atoms with Gasteiger partial charge in [-0.25, -0.2) is 8.42 Å². The molecule has 0 aromatic carbocycles. The first-order valence-corrected chi connectivity index (χ1v) is 6.34. The fourth-order valence-electron chi connectivity index (χ4n) is 1.75. The van der Waals surface area contributed by atoms with Crippen molar-refractivity contribution in [1.82, 2.24) is 0 Å². The maximum absolute atomic E-state index is 11.2. The number of aliphatic hydroxyl groups excluding tert-OH is 1. The third kappa shape index (κ3) is 2.45. The van der Waals surface area contributed by atoms with Crippen molar-refractivity contribution in [3.8, 4) is 0 Å². The third-order valence-electron chi connectivity index (χ3n) is 2.47. The van der Waals surface area contributed by atoms with Gasteiger partial charge in [-0.05, 0) is 12.8 Å². The molecule has 12 heavy (non-hydrogen) atoms. The average Bonchev–Trinajstić information content (AvgIpc) is 2.11. The van der Waals surface area contributed by atoms with Gasteiger partial charge in [-0.3, -0.25) is 0 Å². The van der Waals surface area contributed by atoms with Crippen LogP contribution in [0.25, 0.3) is 0 Å². The van der Waals surface area contributed by atoms with E-state index in [0.29, 0.717) is 12.8 Å². The summed E-state index contributed by atoms with van der Waals surface area (Å²) >= 11 is 0. The highest BCUT2D eigenvalue weighted by Crippen LogP contribution is 2.22. The van der Waals surface area contributed by atoms with Gasteiger partial charge < -0.3 is 5.11 Å². The van der Waals surface area contributed by atoms with Crippen molar-refractivity contribution >= 4 is 9.84 Å². The molecule has 1 aliphatic carbocycles. The number of aliphatic hydroxyl groups is 1. The van der Waals surface area contributed by atoms with Crippen LogP contribution in [0.1, 0.15) is 32.1 Å². The first-order chi connectivity index (χ1) is 5.52. The fraction of sp³-hybridized carbons (Fsp3) is 1.00. The van der Waals surface area contributed by atoms with Crippen LogP contribution in [0.15, 0.2) is 0 Å². The smallest absolute Gasteiger partial charge is 0.152 e. The molecule has 1 aliphatic rings. The number of hydrogen-bond acceptors (Lipinski definition) is 3. The summed E-state index contributed by atoms with van der Waals surface area (Å²) < 4.78 is 22.4. The maximum atomic E-state index is 11.2. The molecule has 1 rings (SSSR count). The van der Waals surface area contributed by atoms with Crippen LogP contribution in [0.3, 0.4) is 0 Å². The normalized spacial score (nSPS) is 32.8. The van der Waals surface area contributed by atoms with E-state index in [4.69, 9.17) is 0 Å². The highest BCUT2D eigenvalue weighted by atomic mass is 32.2. The third-order valence-corrected chi connectivity index (χ3v) is 4.12. The van der Waals surface area contributed by atoms with Gasteiger partial charge in [0.15, 0.2) is 9.84 Å². The van der Waals surface area contributed by atoms with Crippen LogP contribution in [-0.2, 0) is 9.84 Å². The van der Waals surface area contributed by atoms with Crippen molar-refractivity contribution in [3.05, 3.63) is 0 Å². The maximum Gasteiger partial charge on any atom is 0.152 e. The predicted octanol–water partition coefficient (Wildman–Crippen LogP) is 0.725. The molecule has 0 spiro atoms. The SMILES string of the molecule is CS(=O)(=O)[C@@H]1CCCCC[C@@H]1O. The van der Waals surface area contributed by atoms with E-state index in [1.165, 1.54) is 6.26 Å². The molecule has 1 saturated carbocycles. The second kappa shape index (κ2) is 3.75. The van der Waals surface area contributed by atoms with Crippen molar-refractivity contribution in [2.45, 2.75) is 43.5 Å². The number of sulfone groups is 1. The Hall–Kier alpha value is -0.0900. The minimum Gasteiger partial charge on any atom is -0.392 e. The molecule has 0 saturated heterocycles. The molecule has 0 aliphatic heterocycles. The molecule has 0 unspecified atom stereocenters. The van der Waals surface area contributed by atoms with Gasteiger partial charge in [0.25, 0.3) is 0 Å². The molecule has 0 amide bonds. The zero-order chi connectivity index (χ0) is 9.19. The van der Waals surface area contributed by atoms with E-state index in [9.17, 15) is 13.5 Å². The van der Waals surface area contributed by atoms with E-state index in [1.54, 1.807) is 0 Å². The fourth-order valence-corrected chi connectivity index (χ4v) is 3.06. The molecule has 0 aromatic heterocycles. The summed E-state index contributed by atoms with van der Waals surface area (Å²) in [4.78, 5) is 0. The van der Waals surface area contributed by atoms with Crippen LogP contribution >= 0.6 is 0 Å². The highest BCUT2D eigenvalue weighted by Gasteiger charge is 2.29. The van der Waals surface area contributed by atoms with E-state index in [1.807, 2.05) is 0 Å². The first kappa shape index (κ1) is 9.99. The average molecular weight is 192 g/mol. The van der Waals surface area contributed by atoms with Gasteiger partial charge in [-0.2, -0.15) is 0 Å². The molecule has 1 fully saturated rings. The van der Waals surface area contributed by atoms with Crippen molar-refractivity contribution in [2.75, 3.05) is 6.26 Å². The monoisotopic (exact) mass is 192 g/mol. The molecule has 2 atom stereocenters. The van der Waals surface area contributed by atoms with Crippen molar-refractivity contribution < 1.29 is 13.5 Å². The van der Waals surface area contributed by atoms with E-state index in [0.717, 1.165) is 19.3 Å². The second-order valence-corrected chi connectivity index (χ2v) is 5.84. The molecule has 1 N–H and O–H groups in total.